The van der Waals surface area contributed by atoms with Gasteiger partial charge < -0.3 is 19.9 Å². The molecule has 0 saturated heterocycles. The second-order valence-corrected chi connectivity index (χ2v) is 6.11. The van der Waals surface area contributed by atoms with Gasteiger partial charge >= 0.3 is 0 Å². The van der Waals surface area contributed by atoms with E-state index in [2.05, 4.69) is 10.3 Å². The Kier molecular flexibility index (Phi) is 4.71. The number of fused-ring (bicyclic) bond motifs is 1. The van der Waals surface area contributed by atoms with Crippen molar-refractivity contribution in [3.05, 3.63) is 72.6 Å². The maximum absolute atomic E-state index is 9.75. The molecule has 1 atom stereocenters. The molecule has 0 fully saturated rings. The van der Waals surface area contributed by atoms with Crippen LogP contribution in [0.2, 0.25) is 0 Å². The smallest absolute Gasteiger partial charge is 0.161 e. The molecule has 2 N–H and O–H groups in total. The van der Waals surface area contributed by atoms with Crippen LogP contribution in [0.25, 0.3) is 11.1 Å². The van der Waals surface area contributed by atoms with Gasteiger partial charge in [-0.25, -0.2) is 0 Å². The molecule has 5 heteroatoms. The molecule has 0 bridgehead atoms. The first-order chi connectivity index (χ1) is 12.8. The number of pyridine rings is 1. The van der Waals surface area contributed by atoms with Crippen molar-refractivity contribution in [1.82, 2.24) is 4.98 Å². The van der Waals surface area contributed by atoms with Gasteiger partial charge in [0.15, 0.2) is 11.5 Å². The van der Waals surface area contributed by atoms with E-state index >= 15 is 0 Å². The van der Waals surface area contributed by atoms with Gasteiger partial charge in [0, 0.05) is 18.0 Å². The lowest BCUT2D eigenvalue weighted by Crippen LogP contribution is -2.15. The number of ether oxygens (including phenoxy) is 2. The van der Waals surface area contributed by atoms with Crippen LogP contribution in [-0.4, -0.2) is 29.9 Å². The summed E-state index contributed by atoms with van der Waals surface area (Å²) in [7, 11) is 0. The van der Waals surface area contributed by atoms with Crippen molar-refractivity contribution < 1.29 is 14.6 Å². The van der Waals surface area contributed by atoms with Crippen LogP contribution in [0.3, 0.4) is 0 Å². The Morgan fingerprint density at radius 3 is 2.54 bits per heavy atom. The van der Waals surface area contributed by atoms with Crippen molar-refractivity contribution in [2.45, 2.75) is 6.04 Å². The van der Waals surface area contributed by atoms with Crippen molar-refractivity contribution in [3.63, 3.8) is 0 Å². The summed E-state index contributed by atoms with van der Waals surface area (Å²) >= 11 is 0. The molecule has 0 saturated carbocycles. The van der Waals surface area contributed by atoms with Crippen LogP contribution in [0.5, 0.6) is 11.5 Å². The molecule has 132 valence electrons. The zero-order valence-electron chi connectivity index (χ0n) is 14.3. The molecule has 1 aliphatic rings. The second-order valence-electron chi connectivity index (χ2n) is 6.11. The van der Waals surface area contributed by atoms with E-state index in [0.717, 1.165) is 33.9 Å². The maximum atomic E-state index is 9.75. The van der Waals surface area contributed by atoms with Gasteiger partial charge in [0.1, 0.15) is 13.2 Å². The van der Waals surface area contributed by atoms with Gasteiger partial charge in [-0.1, -0.05) is 36.4 Å². The van der Waals surface area contributed by atoms with Crippen molar-refractivity contribution in [3.8, 4) is 22.6 Å². The summed E-state index contributed by atoms with van der Waals surface area (Å²) in [5.41, 5.74) is 3.85. The van der Waals surface area contributed by atoms with Gasteiger partial charge in [0.05, 0.1) is 18.3 Å². The van der Waals surface area contributed by atoms with Crippen LogP contribution >= 0.6 is 0 Å². The monoisotopic (exact) mass is 348 g/mol. The molecular formula is C21H20N2O3. The molecule has 3 aromatic rings. The fraction of sp³-hybridized carbons (Fsp3) is 0.190. The van der Waals surface area contributed by atoms with Gasteiger partial charge in [-0.05, 0) is 29.3 Å². The van der Waals surface area contributed by atoms with E-state index in [1.165, 1.54) is 0 Å². The van der Waals surface area contributed by atoms with E-state index in [-0.39, 0.29) is 12.6 Å². The Morgan fingerprint density at radius 2 is 1.73 bits per heavy atom. The average Bonchev–Trinajstić information content (AvgIpc) is 2.72. The molecule has 1 aromatic heterocycles. The fourth-order valence-electron chi connectivity index (χ4n) is 3.02. The minimum absolute atomic E-state index is 0.00172. The third-order valence-corrected chi connectivity index (χ3v) is 4.34. The van der Waals surface area contributed by atoms with Crippen LogP contribution in [0.15, 0.2) is 67.0 Å². The first kappa shape index (κ1) is 16.4. The SMILES string of the molecule is OC[C@H](Nc1cncc(-c2ccc3c(c2)OCCO3)c1)c1ccccc1. The predicted octanol–water partition coefficient (Wildman–Crippen LogP) is 3.67. The van der Waals surface area contributed by atoms with E-state index in [9.17, 15) is 5.11 Å². The van der Waals surface area contributed by atoms with Gasteiger partial charge in [-0.3, -0.25) is 4.98 Å². The van der Waals surface area contributed by atoms with Crippen LogP contribution in [-0.2, 0) is 0 Å². The zero-order chi connectivity index (χ0) is 17.8. The second kappa shape index (κ2) is 7.45. The quantitative estimate of drug-likeness (QED) is 0.737. The van der Waals surface area contributed by atoms with E-state index < -0.39 is 0 Å². The normalized spacial score (nSPS) is 13.9. The zero-order valence-corrected chi connectivity index (χ0v) is 14.3. The predicted molar refractivity (Wildman–Crippen MR) is 101 cm³/mol. The Labute approximate surface area is 152 Å². The highest BCUT2D eigenvalue weighted by molar-refractivity contribution is 5.69. The van der Waals surface area contributed by atoms with Crippen molar-refractivity contribution >= 4 is 5.69 Å². The molecule has 26 heavy (non-hydrogen) atoms. The molecule has 2 heterocycles. The number of nitrogens with one attached hydrogen (secondary N) is 1. The number of hydrogen-bond donors (Lipinski definition) is 2. The summed E-state index contributed by atoms with van der Waals surface area (Å²) < 4.78 is 11.2. The molecule has 0 aliphatic carbocycles. The highest BCUT2D eigenvalue weighted by Gasteiger charge is 2.14. The number of benzene rings is 2. The summed E-state index contributed by atoms with van der Waals surface area (Å²) in [6.45, 7) is 1.14. The minimum Gasteiger partial charge on any atom is -0.486 e. The molecule has 0 unspecified atom stereocenters. The van der Waals surface area contributed by atoms with Crippen LogP contribution in [0, 0.1) is 0 Å². The Bertz CT molecular complexity index is 883. The Morgan fingerprint density at radius 1 is 0.923 bits per heavy atom. The summed E-state index contributed by atoms with van der Waals surface area (Å²) in [5.74, 6) is 1.52. The minimum atomic E-state index is -0.187. The largest absolute Gasteiger partial charge is 0.486 e. The van der Waals surface area contributed by atoms with Gasteiger partial charge in [-0.2, -0.15) is 0 Å². The van der Waals surface area contributed by atoms with E-state index in [1.54, 1.807) is 6.20 Å². The summed E-state index contributed by atoms with van der Waals surface area (Å²) in [5, 5.41) is 13.1. The van der Waals surface area contributed by atoms with Crippen LogP contribution in [0.4, 0.5) is 5.69 Å². The Hall–Kier alpha value is -3.05. The number of rotatable bonds is 5. The van der Waals surface area contributed by atoms with Crippen LogP contribution < -0.4 is 14.8 Å². The summed E-state index contributed by atoms with van der Waals surface area (Å²) in [6.07, 6.45) is 3.57. The highest BCUT2D eigenvalue weighted by Crippen LogP contribution is 2.35. The lowest BCUT2D eigenvalue weighted by Gasteiger charge is -2.20. The number of aliphatic hydroxyl groups excluding tert-OH is 1. The maximum Gasteiger partial charge on any atom is 0.161 e. The first-order valence-electron chi connectivity index (χ1n) is 8.61. The van der Waals surface area contributed by atoms with Crippen LogP contribution in [0.1, 0.15) is 11.6 Å². The number of aliphatic hydroxyl groups is 1. The lowest BCUT2D eigenvalue weighted by atomic mass is 10.1. The lowest BCUT2D eigenvalue weighted by molar-refractivity contribution is 0.171. The molecule has 0 radical (unpaired) electrons. The Balaban J connectivity index is 1.58. The number of anilines is 1. The van der Waals surface area contributed by atoms with E-state index in [0.29, 0.717) is 13.2 Å². The molecule has 2 aromatic carbocycles. The van der Waals surface area contributed by atoms with Crippen molar-refractivity contribution in [2.24, 2.45) is 0 Å². The third-order valence-electron chi connectivity index (χ3n) is 4.34. The van der Waals surface area contributed by atoms with E-state index in [4.69, 9.17) is 9.47 Å². The fourth-order valence-corrected chi connectivity index (χ4v) is 3.02. The first-order valence-corrected chi connectivity index (χ1v) is 8.61. The molecule has 4 rings (SSSR count). The molecular weight excluding hydrogens is 328 g/mol. The standard InChI is InChI=1S/C21H20N2O3/c24-14-19(15-4-2-1-3-5-15)23-18-10-17(12-22-13-18)16-6-7-20-21(11-16)26-9-8-25-20/h1-7,10-13,19,23-24H,8-9,14H2/t19-/m0/s1. The van der Waals surface area contributed by atoms with Gasteiger partial charge in [0.2, 0.25) is 0 Å². The third kappa shape index (κ3) is 3.48. The number of aromatic nitrogens is 1. The van der Waals surface area contributed by atoms with Gasteiger partial charge in [-0.15, -0.1) is 0 Å². The molecule has 0 amide bonds. The molecule has 1 aliphatic heterocycles. The van der Waals surface area contributed by atoms with Crippen molar-refractivity contribution in [2.75, 3.05) is 25.1 Å². The molecule has 0 spiro atoms. The van der Waals surface area contributed by atoms with E-state index in [1.807, 2.05) is 60.8 Å². The molecule has 5 nitrogen and oxygen atoms in total. The number of hydrogen-bond acceptors (Lipinski definition) is 5. The number of nitrogens with zero attached hydrogens (tertiary/aromatic N) is 1. The summed E-state index contributed by atoms with van der Waals surface area (Å²) in [4.78, 5) is 4.34. The highest BCUT2D eigenvalue weighted by atomic mass is 16.6. The average molecular weight is 348 g/mol. The summed E-state index contributed by atoms with van der Waals surface area (Å²) in [6, 6.07) is 17.6. The topological polar surface area (TPSA) is 63.6 Å². The van der Waals surface area contributed by atoms with Gasteiger partial charge in [0.25, 0.3) is 0 Å². The van der Waals surface area contributed by atoms with Crippen molar-refractivity contribution in [1.29, 1.82) is 0 Å².